The molecule has 0 aromatic heterocycles. The summed E-state index contributed by atoms with van der Waals surface area (Å²) in [4.78, 5) is 22.5. The van der Waals surface area contributed by atoms with Crippen molar-refractivity contribution in [3.63, 3.8) is 0 Å². The van der Waals surface area contributed by atoms with Gasteiger partial charge >= 0.3 is 5.97 Å². The summed E-state index contributed by atoms with van der Waals surface area (Å²) < 4.78 is 5.05. The lowest BCUT2D eigenvalue weighted by molar-refractivity contribution is -0.117. The van der Waals surface area contributed by atoms with Gasteiger partial charge in [-0.1, -0.05) is 6.92 Å². The van der Waals surface area contributed by atoms with Crippen molar-refractivity contribution in [2.45, 2.75) is 19.4 Å². The first-order valence-electron chi connectivity index (χ1n) is 5.47. The van der Waals surface area contributed by atoms with Crippen molar-refractivity contribution < 1.29 is 19.4 Å². The van der Waals surface area contributed by atoms with Crippen LogP contribution in [0.3, 0.4) is 0 Å². The molecule has 6 nitrogen and oxygen atoms in total. The van der Waals surface area contributed by atoms with Gasteiger partial charge in [0, 0.05) is 0 Å². The van der Waals surface area contributed by atoms with Gasteiger partial charge < -0.3 is 20.9 Å². The van der Waals surface area contributed by atoms with Crippen LogP contribution >= 0.6 is 0 Å². The topological polar surface area (TPSA) is 102 Å². The van der Waals surface area contributed by atoms with Crippen LogP contribution in [0.2, 0.25) is 0 Å². The highest BCUT2D eigenvalue weighted by Gasteiger charge is 2.15. The van der Waals surface area contributed by atoms with Gasteiger partial charge in [-0.25, -0.2) is 4.79 Å². The number of hydrogen-bond acceptors (Lipinski definition) is 4. The largest absolute Gasteiger partial charge is 0.495 e. The molecule has 0 fully saturated rings. The molecule has 4 N–H and O–H groups in total. The Labute approximate surface area is 105 Å². The number of carboxylic acid groups (broad SMARTS) is 1. The first-order chi connectivity index (χ1) is 8.49. The van der Waals surface area contributed by atoms with Crippen LogP contribution in [0, 0.1) is 0 Å². The Kier molecular flexibility index (Phi) is 4.67. The van der Waals surface area contributed by atoms with E-state index in [4.69, 9.17) is 15.6 Å². The first-order valence-corrected chi connectivity index (χ1v) is 5.47. The van der Waals surface area contributed by atoms with E-state index in [0.29, 0.717) is 17.9 Å². The lowest BCUT2D eigenvalue weighted by Gasteiger charge is -2.13. The molecule has 0 unspecified atom stereocenters. The normalized spacial score (nSPS) is 11.7. The number of nitrogens with two attached hydrogens (primary N) is 1. The molecule has 18 heavy (non-hydrogen) atoms. The van der Waals surface area contributed by atoms with Gasteiger partial charge in [-0.2, -0.15) is 0 Å². The SMILES string of the molecule is CC[C@H](N)C(=O)Nc1cc(C(=O)O)ccc1OC. The van der Waals surface area contributed by atoms with E-state index in [-0.39, 0.29) is 11.5 Å². The van der Waals surface area contributed by atoms with Crippen LogP contribution in [0.15, 0.2) is 18.2 Å². The Balaban J connectivity index is 3.01. The molecule has 1 aromatic rings. The van der Waals surface area contributed by atoms with Crippen LogP contribution in [0.25, 0.3) is 0 Å². The predicted octanol–water partition coefficient (Wildman–Crippen LogP) is 1.07. The maximum Gasteiger partial charge on any atom is 0.335 e. The number of rotatable bonds is 5. The second-order valence-corrected chi connectivity index (χ2v) is 3.72. The highest BCUT2D eigenvalue weighted by molar-refractivity contribution is 5.97. The number of carboxylic acids is 1. The monoisotopic (exact) mass is 252 g/mol. The molecular weight excluding hydrogens is 236 g/mol. The van der Waals surface area contributed by atoms with Gasteiger partial charge in [0.25, 0.3) is 0 Å². The molecule has 0 aliphatic rings. The summed E-state index contributed by atoms with van der Waals surface area (Å²) in [5.74, 6) is -1.07. The number of hydrogen-bond donors (Lipinski definition) is 3. The fraction of sp³-hybridized carbons (Fsp3) is 0.333. The summed E-state index contributed by atoms with van der Waals surface area (Å²) in [7, 11) is 1.44. The van der Waals surface area contributed by atoms with Gasteiger partial charge in [0.05, 0.1) is 24.4 Å². The lowest BCUT2D eigenvalue weighted by atomic mass is 10.1. The van der Waals surface area contributed by atoms with Crippen LogP contribution in [0.5, 0.6) is 5.75 Å². The number of nitrogens with one attached hydrogen (secondary N) is 1. The molecule has 1 rings (SSSR count). The van der Waals surface area contributed by atoms with E-state index in [1.165, 1.54) is 25.3 Å². The number of anilines is 1. The summed E-state index contributed by atoms with van der Waals surface area (Å²) in [6.07, 6.45) is 0.493. The van der Waals surface area contributed by atoms with Crippen molar-refractivity contribution in [2.75, 3.05) is 12.4 Å². The molecule has 0 aliphatic heterocycles. The van der Waals surface area contributed by atoms with Gasteiger partial charge in [0.15, 0.2) is 0 Å². The quantitative estimate of drug-likeness (QED) is 0.727. The molecule has 0 saturated carbocycles. The minimum Gasteiger partial charge on any atom is -0.495 e. The number of methoxy groups -OCH3 is 1. The summed E-state index contributed by atoms with van der Waals surface area (Å²) in [5.41, 5.74) is 5.95. The maximum absolute atomic E-state index is 11.7. The number of aromatic carboxylic acids is 1. The second-order valence-electron chi connectivity index (χ2n) is 3.72. The standard InChI is InChI=1S/C12H16N2O4/c1-3-8(13)11(15)14-9-6-7(12(16)17)4-5-10(9)18-2/h4-6,8H,3,13H2,1-2H3,(H,14,15)(H,16,17)/t8-/m0/s1. The summed E-state index contributed by atoms with van der Waals surface area (Å²) in [5, 5.41) is 11.4. The third kappa shape index (κ3) is 3.21. The average molecular weight is 252 g/mol. The third-order valence-electron chi connectivity index (χ3n) is 2.48. The van der Waals surface area contributed by atoms with Crippen molar-refractivity contribution in [1.82, 2.24) is 0 Å². The molecule has 0 heterocycles. The van der Waals surface area contributed by atoms with Crippen molar-refractivity contribution in [2.24, 2.45) is 5.73 Å². The highest BCUT2D eigenvalue weighted by atomic mass is 16.5. The molecule has 0 aliphatic carbocycles. The Morgan fingerprint density at radius 3 is 2.67 bits per heavy atom. The molecule has 0 saturated heterocycles. The molecule has 0 bridgehead atoms. The van der Waals surface area contributed by atoms with E-state index >= 15 is 0 Å². The lowest BCUT2D eigenvalue weighted by Crippen LogP contribution is -2.34. The number of ether oxygens (including phenoxy) is 1. The van der Waals surface area contributed by atoms with Crippen molar-refractivity contribution in [1.29, 1.82) is 0 Å². The zero-order valence-corrected chi connectivity index (χ0v) is 10.3. The number of benzene rings is 1. The minimum atomic E-state index is -1.08. The molecule has 1 atom stereocenters. The van der Waals surface area contributed by atoms with Gasteiger partial charge in [-0.15, -0.1) is 0 Å². The molecule has 98 valence electrons. The zero-order chi connectivity index (χ0) is 13.7. The van der Waals surface area contributed by atoms with Gasteiger partial charge in [0.2, 0.25) is 5.91 Å². The fourth-order valence-corrected chi connectivity index (χ4v) is 1.35. The van der Waals surface area contributed by atoms with Crippen LogP contribution in [0.4, 0.5) is 5.69 Å². The number of carbonyl (C=O) groups is 2. The maximum atomic E-state index is 11.7. The average Bonchev–Trinajstić information content (AvgIpc) is 2.37. The van der Waals surface area contributed by atoms with Crippen molar-refractivity contribution >= 4 is 17.6 Å². The van der Waals surface area contributed by atoms with E-state index in [1.54, 1.807) is 6.92 Å². The Morgan fingerprint density at radius 1 is 1.50 bits per heavy atom. The van der Waals surface area contributed by atoms with Crippen LogP contribution in [-0.4, -0.2) is 30.1 Å². The summed E-state index contributed by atoms with van der Waals surface area (Å²) in [6, 6.07) is 3.58. The van der Waals surface area contributed by atoms with E-state index < -0.39 is 12.0 Å². The number of amides is 1. The highest BCUT2D eigenvalue weighted by Crippen LogP contribution is 2.25. The molecule has 1 amide bonds. The van der Waals surface area contributed by atoms with Gasteiger partial charge in [-0.3, -0.25) is 4.79 Å². The van der Waals surface area contributed by atoms with E-state index in [2.05, 4.69) is 5.32 Å². The van der Waals surface area contributed by atoms with Crippen molar-refractivity contribution in [3.05, 3.63) is 23.8 Å². The molecular formula is C12H16N2O4. The summed E-state index contributed by atoms with van der Waals surface area (Å²) in [6.45, 7) is 1.79. The third-order valence-corrected chi connectivity index (χ3v) is 2.48. The first kappa shape index (κ1) is 14.0. The van der Waals surface area contributed by atoms with Crippen LogP contribution in [0.1, 0.15) is 23.7 Å². The Hall–Kier alpha value is -2.08. The Morgan fingerprint density at radius 2 is 2.17 bits per heavy atom. The van der Waals surface area contributed by atoms with E-state index in [9.17, 15) is 9.59 Å². The van der Waals surface area contributed by atoms with E-state index in [1.807, 2.05) is 0 Å². The van der Waals surface area contributed by atoms with Crippen LogP contribution < -0.4 is 15.8 Å². The number of carbonyl (C=O) groups excluding carboxylic acids is 1. The minimum absolute atomic E-state index is 0.0659. The fourth-order valence-electron chi connectivity index (χ4n) is 1.35. The Bertz CT molecular complexity index is 459. The van der Waals surface area contributed by atoms with Crippen molar-refractivity contribution in [3.8, 4) is 5.75 Å². The van der Waals surface area contributed by atoms with Crippen LogP contribution in [-0.2, 0) is 4.79 Å². The zero-order valence-electron chi connectivity index (χ0n) is 10.3. The smallest absolute Gasteiger partial charge is 0.335 e. The predicted molar refractivity (Wildman–Crippen MR) is 66.8 cm³/mol. The van der Waals surface area contributed by atoms with Gasteiger partial charge in [0.1, 0.15) is 5.75 Å². The van der Waals surface area contributed by atoms with Gasteiger partial charge in [-0.05, 0) is 24.6 Å². The van der Waals surface area contributed by atoms with E-state index in [0.717, 1.165) is 0 Å². The molecule has 1 aromatic carbocycles. The summed E-state index contributed by atoms with van der Waals surface area (Å²) >= 11 is 0. The molecule has 6 heteroatoms. The second kappa shape index (κ2) is 6.02. The molecule has 0 spiro atoms. The molecule has 0 radical (unpaired) electrons.